The van der Waals surface area contributed by atoms with Gasteiger partial charge in [-0.15, -0.1) is 0 Å². The zero-order valence-electron chi connectivity index (χ0n) is 16.4. The highest BCUT2D eigenvalue weighted by atomic mass is 16.6. The summed E-state index contributed by atoms with van der Waals surface area (Å²) in [6.45, 7) is 0.769. The highest BCUT2D eigenvalue weighted by molar-refractivity contribution is 5.36. The van der Waals surface area contributed by atoms with Crippen LogP contribution in [-0.4, -0.2) is 64.7 Å². The molecule has 1 saturated heterocycles. The molecule has 0 amide bonds. The van der Waals surface area contributed by atoms with Crippen LogP contribution < -0.4 is 0 Å². The topological polar surface area (TPSA) is 116 Å². The van der Waals surface area contributed by atoms with Crippen molar-refractivity contribution in [3.05, 3.63) is 0 Å². The SMILES string of the molecule is O=COCCCCCCCCCCCCCC1C(CO)OC(O)C(O)C1O. The Morgan fingerprint density at radius 1 is 0.778 bits per heavy atom. The van der Waals surface area contributed by atoms with Gasteiger partial charge >= 0.3 is 0 Å². The molecule has 1 heterocycles. The molecule has 0 saturated carbocycles. The molecule has 0 aromatic carbocycles. The first kappa shape index (κ1) is 24.3. The number of rotatable bonds is 16. The highest BCUT2D eigenvalue weighted by Gasteiger charge is 2.42. The van der Waals surface area contributed by atoms with Gasteiger partial charge in [0.25, 0.3) is 6.47 Å². The van der Waals surface area contributed by atoms with E-state index < -0.39 is 24.6 Å². The summed E-state index contributed by atoms with van der Waals surface area (Å²) in [5, 5.41) is 38.7. The molecule has 5 atom stereocenters. The van der Waals surface area contributed by atoms with Gasteiger partial charge in [0.1, 0.15) is 6.10 Å². The van der Waals surface area contributed by atoms with Gasteiger partial charge in [-0.2, -0.15) is 0 Å². The van der Waals surface area contributed by atoms with Crippen LogP contribution in [0.15, 0.2) is 0 Å². The number of ether oxygens (including phenoxy) is 2. The van der Waals surface area contributed by atoms with Gasteiger partial charge in [-0.05, 0) is 12.8 Å². The average molecular weight is 391 g/mol. The van der Waals surface area contributed by atoms with Crippen LogP contribution in [0.3, 0.4) is 0 Å². The van der Waals surface area contributed by atoms with Crippen LogP contribution in [0, 0.1) is 5.92 Å². The Morgan fingerprint density at radius 2 is 1.30 bits per heavy atom. The van der Waals surface area contributed by atoms with Crippen LogP contribution in [0.25, 0.3) is 0 Å². The number of carbonyl (C=O) groups excluding carboxylic acids is 1. The molecule has 27 heavy (non-hydrogen) atoms. The number of hydrogen-bond donors (Lipinski definition) is 4. The van der Waals surface area contributed by atoms with Crippen LogP contribution >= 0.6 is 0 Å². The van der Waals surface area contributed by atoms with Gasteiger partial charge in [0.05, 0.1) is 25.4 Å². The summed E-state index contributed by atoms with van der Waals surface area (Å²) >= 11 is 0. The van der Waals surface area contributed by atoms with Crippen molar-refractivity contribution in [2.75, 3.05) is 13.2 Å². The lowest BCUT2D eigenvalue weighted by Gasteiger charge is -2.40. The number of aliphatic hydroxyl groups is 4. The van der Waals surface area contributed by atoms with Gasteiger partial charge in [0, 0.05) is 5.92 Å². The molecule has 1 rings (SSSR count). The second kappa shape index (κ2) is 15.2. The molecular weight excluding hydrogens is 352 g/mol. The van der Waals surface area contributed by atoms with Crippen LogP contribution in [-0.2, 0) is 14.3 Å². The van der Waals surface area contributed by atoms with E-state index >= 15 is 0 Å². The van der Waals surface area contributed by atoms with E-state index in [-0.39, 0.29) is 12.5 Å². The van der Waals surface area contributed by atoms with E-state index in [1.54, 1.807) is 0 Å². The number of hydrogen-bond acceptors (Lipinski definition) is 7. The third kappa shape index (κ3) is 9.85. The average Bonchev–Trinajstić information content (AvgIpc) is 2.67. The molecule has 0 aliphatic carbocycles. The van der Waals surface area contributed by atoms with Crippen molar-refractivity contribution < 1.29 is 34.7 Å². The van der Waals surface area contributed by atoms with E-state index in [0.717, 1.165) is 32.1 Å². The van der Waals surface area contributed by atoms with E-state index in [0.29, 0.717) is 19.5 Å². The van der Waals surface area contributed by atoms with E-state index in [9.17, 15) is 25.2 Å². The van der Waals surface area contributed by atoms with E-state index in [2.05, 4.69) is 4.74 Å². The van der Waals surface area contributed by atoms with Crippen LogP contribution in [0.2, 0.25) is 0 Å². The minimum atomic E-state index is -1.43. The minimum absolute atomic E-state index is 0.268. The fourth-order valence-corrected chi connectivity index (χ4v) is 3.74. The Kier molecular flexibility index (Phi) is 13.7. The van der Waals surface area contributed by atoms with Gasteiger partial charge in [-0.1, -0.05) is 64.2 Å². The summed E-state index contributed by atoms with van der Waals surface area (Å²) in [4.78, 5) is 9.99. The molecule has 0 bridgehead atoms. The first-order valence-corrected chi connectivity index (χ1v) is 10.5. The van der Waals surface area contributed by atoms with Crippen LogP contribution in [0.4, 0.5) is 0 Å². The van der Waals surface area contributed by atoms with Crippen LogP contribution in [0.1, 0.15) is 77.0 Å². The second-order valence-electron chi connectivity index (χ2n) is 7.54. The van der Waals surface area contributed by atoms with Gasteiger partial charge < -0.3 is 29.9 Å². The molecule has 1 fully saturated rings. The minimum Gasteiger partial charge on any atom is -0.468 e. The standard InChI is InChI=1S/C20H38O7/c21-14-17-16(18(23)19(24)20(25)27-17)12-10-8-6-4-2-1-3-5-7-9-11-13-26-15-22/h15-21,23-25H,1-14H2. The summed E-state index contributed by atoms with van der Waals surface area (Å²) in [7, 11) is 0. The Morgan fingerprint density at radius 3 is 1.81 bits per heavy atom. The van der Waals surface area contributed by atoms with Crippen molar-refractivity contribution in [3.63, 3.8) is 0 Å². The number of carbonyl (C=O) groups is 1. The maximum Gasteiger partial charge on any atom is 0.293 e. The Bertz CT molecular complexity index is 364. The molecule has 160 valence electrons. The van der Waals surface area contributed by atoms with Crippen molar-refractivity contribution in [3.8, 4) is 0 Å². The zero-order valence-corrected chi connectivity index (χ0v) is 16.4. The predicted molar refractivity (Wildman–Crippen MR) is 101 cm³/mol. The molecule has 0 radical (unpaired) electrons. The third-order valence-electron chi connectivity index (χ3n) is 5.42. The summed E-state index contributed by atoms with van der Waals surface area (Å²) in [5.41, 5.74) is 0. The molecule has 7 heteroatoms. The first-order valence-electron chi connectivity index (χ1n) is 10.5. The lowest BCUT2D eigenvalue weighted by Crippen LogP contribution is -2.55. The maximum atomic E-state index is 10.1. The monoisotopic (exact) mass is 390 g/mol. The Hall–Kier alpha value is -0.730. The molecular formula is C20H38O7. The lowest BCUT2D eigenvalue weighted by molar-refractivity contribution is -0.274. The third-order valence-corrected chi connectivity index (χ3v) is 5.42. The predicted octanol–water partition coefficient (Wildman–Crippen LogP) is 1.89. The molecule has 7 nitrogen and oxygen atoms in total. The Balaban J connectivity index is 1.95. The molecule has 5 unspecified atom stereocenters. The van der Waals surface area contributed by atoms with Crippen molar-refractivity contribution in [2.24, 2.45) is 5.92 Å². The molecule has 0 aromatic heterocycles. The van der Waals surface area contributed by atoms with E-state index in [1.807, 2.05) is 0 Å². The molecule has 0 spiro atoms. The summed E-state index contributed by atoms with van der Waals surface area (Å²) in [6, 6.07) is 0. The molecule has 0 aromatic rings. The van der Waals surface area contributed by atoms with Crippen molar-refractivity contribution in [2.45, 2.75) is 102 Å². The van der Waals surface area contributed by atoms with Gasteiger partial charge in [-0.25, -0.2) is 0 Å². The van der Waals surface area contributed by atoms with Gasteiger partial charge in [0.15, 0.2) is 6.29 Å². The van der Waals surface area contributed by atoms with Crippen molar-refractivity contribution >= 4 is 6.47 Å². The Labute approximate surface area is 162 Å². The fourth-order valence-electron chi connectivity index (χ4n) is 3.74. The van der Waals surface area contributed by atoms with Gasteiger partial charge in [-0.3, -0.25) is 4.79 Å². The van der Waals surface area contributed by atoms with E-state index in [4.69, 9.17) is 4.74 Å². The quantitative estimate of drug-likeness (QED) is 0.235. The molecule has 1 aliphatic rings. The normalized spacial score (nSPS) is 28.2. The molecule has 4 N–H and O–H groups in total. The summed E-state index contributed by atoms with van der Waals surface area (Å²) < 4.78 is 9.83. The smallest absolute Gasteiger partial charge is 0.293 e. The highest BCUT2D eigenvalue weighted by Crippen LogP contribution is 2.29. The number of aliphatic hydroxyl groups excluding tert-OH is 4. The molecule has 1 aliphatic heterocycles. The second-order valence-corrected chi connectivity index (χ2v) is 7.54. The maximum absolute atomic E-state index is 10.1. The van der Waals surface area contributed by atoms with E-state index in [1.165, 1.54) is 38.5 Å². The van der Waals surface area contributed by atoms with Crippen LogP contribution in [0.5, 0.6) is 0 Å². The first-order chi connectivity index (χ1) is 13.1. The lowest BCUT2D eigenvalue weighted by atomic mass is 9.85. The largest absolute Gasteiger partial charge is 0.468 e. The van der Waals surface area contributed by atoms with Crippen molar-refractivity contribution in [1.29, 1.82) is 0 Å². The summed E-state index contributed by atoms with van der Waals surface area (Å²) in [6.07, 6.45) is 8.77. The zero-order chi connectivity index (χ0) is 19.9. The number of unbranched alkanes of at least 4 members (excludes halogenated alkanes) is 10. The van der Waals surface area contributed by atoms with Crippen molar-refractivity contribution in [1.82, 2.24) is 0 Å². The fraction of sp³-hybridized carbons (Fsp3) is 0.950. The van der Waals surface area contributed by atoms with Gasteiger partial charge in [0.2, 0.25) is 0 Å². The summed E-state index contributed by atoms with van der Waals surface area (Å²) in [5.74, 6) is -0.342.